The fraction of sp³-hybridized carbons (Fsp3) is 0.417. The SMILES string of the molecule is CC1(Oc2ccccc2)CC(C#N)C1. The summed E-state index contributed by atoms with van der Waals surface area (Å²) in [6.45, 7) is 2.06. The fourth-order valence-corrected chi connectivity index (χ4v) is 1.93. The van der Waals surface area contributed by atoms with E-state index in [2.05, 4.69) is 13.0 Å². The summed E-state index contributed by atoms with van der Waals surface area (Å²) >= 11 is 0. The Hall–Kier alpha value is -1.49. The van der Waals surface area contributed by atoms with Crippen LogP contribution in [0.5, 0.6) is 5.75 Å². The van der Waals surface area contributed by atoms with Crippen LogP contribution in [0.2, 0.25) is 0 Å². The minimum atomic E-state index is -0.123. The van der Waals surface area contributed by atoms with Crippen molar-refractivity contribution < 1.29 is 4.74 Å². The molecule has 0 aliphatic heterocycles. The maximum atomic E-state index is 8.68. The summed E-state index contributed by atoms with van der Waals surface area (Å²) in [5.74, 6) is 1.08. The monoisotopic (exact) mass is 187 g/mol. The number of ether oxygens (including phenoxy) is 1. The van der Waals surface area contributed by atoms with Crippen LogP contribution >= 0.6 is 0 Å². The van der Waals surface area contributed by atoms with Gasteiger partial charge in [-0.25, -0.2) is 0 Å². The molecule has 2 nitrogen and oxygen atoms in total. The van der Waals surface area contributed by atoms with E-state index in [-0.39, 0.29) is 11.5 Å². The van der Waals surface area contributed by atoms with Crippen LogP contribution in [-0.4, -0.2) is 5.60 Å². The maximum absolute atomic E-state index is 8.68. The van der Waals surface area contributed by atoms with E-state index in [4.69, 9.17) is 10.00 Å². The lowest BCUT2D eigenvalue weighted by atomic mass is 9.73. The second-order valence-electron chi connectivity index (χ2n) is 4.10. The largest absolute Gasteiger partial charge is 0.487 e. The summed E-state index contributed by atoms with van der Waals surface area (Å²) in [4.78, 5) is 0. The van der Waals surface area contributed by atoms with Crippen molar-refractivity contribution in [3.8, 4) is 11.8 Å². The molecule has 0 spiro atoms. The van der Waals surface area contributed by atoms with Crippen molar-refractivity contribution in [3.63, 3.8) is 0 Å². The Balaban J connectivity index is 1.97. The van der Waals surface area contributed by atoms with Crippen LogP contribution in [0.3, 0.4) is 0 Å². The van der Waals surface area contributed by atoms with Crippen molar-refractivity contribution in [1.29, 1.82) is 5.26 Å². The highest BCUT2D eigenvalue weighted by Gasteiger charge is 2.42. The van der Waals surface area contributed by atoms with E-state index in [1.165, 1.54) is 0 Å². The second kappa shape index (κ2) is 3.34. The van der Waals surface area contributed by atoms with Gasteiger partial charge in [-0.1, -0.05) is 18.2 Å². The molecule has 0 heterocycles. The summed E-state index contributed by atoms with van der Waals surface area (Å²) in [6, 6.07) is 12.0. The van der Waals surface area contributed by atoms with Gasteiger partial charge >= 0.3 is 0 Å². The molecule has 14 heavy (non-hydrogen) atoms. The lowest BCUT2D eigenvalue weighted by Crippen LogP contribution is -2.45. The van der Waals surface area contributed by atoms with Gasteiger partial charge in [-0.15, -0.1) is 0 Å². The lowest BCUT2D eigenvalue weighted by molar-refractivity contribution is -0.0146. The number of benzene rings is 1. The van der Waals surface area contributed by atoms with Crippen LogP contribution in [0.4, 0.5) is 0 Å². The van der Waals surface area contributed by atoms with Gasteiger partial charge in [-0.2, -0.15) is 5.26 Å². The molecule has 2 heteroatoms. The minimum absolute atomic E-state index is 0.123. The van der Waals surface area contributed by atoms with Crippen LogP contribution in [0.1, 0.15) is 19.8 Å². The molecular weight excluding hydrogens is 174 g/mol. The van der Waals surface area contributed by atoms with Crippen molar-refractivity contribution in [2.24, 2.45) is 5.92 Å². The van der Waals surface area contributed by atoms with Crippen LogP contribution in [0, 0.1) is 17.2 Å². The topological polar surface area (TPSA) is 33.0 Å². The smallest absolute Gasteiger partial charge is 0.120 e. The lowest BCUT2D eigenvalue weighted by Gasteiger charge is -2.41. The van der Waals surface area contributed by atoms with E-state index in [1.54, 1.807) is 0 Å². The van der Waals surface area contributed by atoms with Gasteiger partial charge in [0.05, 0.1) is 12.0 Å². The van der Waals surface area contributed by atoms with Gasteiger partial charge in [0.15, 0.2) is 0 Å². The van der Waals surface area contributed by atoms with Crippen molar-refractivity contribution in [3.05, 3.63) is 30.3 Å². The average molecular weight is 187 g/mol. The van der Waals surface area contributed by atoms with Crippen molar-refractivity contribution in [2.75, 3.05) is 0 Å². The van der Waals surface area contributed by atoms with Gasteiger partial charge in [0.1, 0.15) is 11.4 Å². The minimum Gasteiger partial charge on any atom is -0.487 e. The number of nitriles is 1. The van der Waals surface area contributed by atoms with E-state index in [0.29, 0.717) is 0 Å². The molecule has 72 valence electrons. The molecule has 0 atom stereocenters. The first kappa shape index (κ1) is 9.08. The van der Waals surface area contributed by atoms with Gasteiger partial charge in [-0.3, -0.25) is 0 Å². The third-order valence-electron chi connectivity index (χ3n) is 2.65. The van der Waals surface area contributed by atoms with Crippen LogP contribution in [-0.2, 0) is 0 Å². The fourth-order valence-electron chi connectivity index (χ4n) is 1.93. The Morgan fingerprint density at radius 2 is 2.00 bits per heavy atom. The summed E-state index contributed by atoms with van der Waals surface area (Å²) in [5, 5.41) is 8.68. The Morgan fingerprint density at radius 3 is 2.57 bits per heavy atom. The molecule has 1 aliphatic carbocycles. The van der Waals surface area contributed by atoms with E-state index >= 15 is 0 Å². The Bertz CT molecular complexity index is 346. The zero-order valence-corrected chi connectivity index (χ0v) is 8.23. The number of nitrogens with zero attached hydrogens (tertiary/aromatic N) is 1. The Kier molecular flexibility index (Phi) is 2.17. The standard InChI is InChI=1S/C12H13NO/c1-12(7-10(8-12)9-13)14-11-5-3-2-4-6-11/h2-6,10H,7-8H2,1H3. The summed E-state index contributed by atoms with van der Waals surface area (Å²) in [6.07, 6.45) is 1.69. The molecule has 0 amide bonds. The molecule has 1 fully saturated rings. The molecule has 0 unspecified atom stereocenters. The van der Waals surface area contributed by atoms with Crippen LogP contribution < -0.4 is 4.74 Å². The normalized spacial score (nSPS) is 30.1. The summed E-state index contributed by atoms with van der Waals surface area (Å²) in [5.41, 5.74) is -0.123. The van der Waals surface area contributed by atoms with Gasteiger partial charge in [-0.05, 0) is 19.1 Å². The predicted molar refractivity (Wildman–Crippen MR) is 53.8 cm³/mol. The molecule has 1 aromatic rings. The molecule has 0 N–H and O–H groups in total. The van der Waals surface area contributed by atoms with Crippen molar-refractivity contribution in [2.45, 2.75) is 25.4 Å². The quantitative estimate of drug-likeness (QED) is 0.713. The maximum Gasteiger partial charge on any atom is 0.120 e. The molecule has 1 saturated carbocycles. The third-order valence-corrected chi connectivity index (χ3v) is 2.65. The van der Waals surface area contributed by atoms with Gasteiger partial charge in [0, 0.05) is 12.8 Å². The first-order valence-electron chi connectivity index (χ1n) is 4.85. The molecule has 0 aromatic heterocycles. The summed E-state index contributed by atoms with van der Waals surface area (Å²) < 4.78 is 5.82. The third kappa shape index (κ3) is 1.72. The average Bonchev–Trinajstić information content (AvgIpc) is 2.15. The highest BCUT2D eigenvalue weighted by Crippen LogP contribution is 2.40. The number of hydrogen-bond donors (Lipinski definition) is 0. The Morgan fingerprint density at radius 1 is 1.36 bits per heavy atom. The molecule has 0 saturated heterocycles. The molecule has 0 radical (unpaired) electrons. The van der Waals surface area contributed by atoms with Gasteiger partial charge in [0.2, 0.25) is 0 Å². The highest BCUT2D eigenvalue weighted by molar-refractivity contribution is 5.23. The number of rotatable bonds is 2. The van der Waals surface area contributed by atoms with E-state index in [0.717, 1.165) is 18.6 Å². The Labute approximate surface area is 84.1 Å². The highest BCUT2D eigenvalue weighted by atomic mass is 16.5. The zero-order valence-electron chi connectivity index (χ0n) is 8.23. The molecule has 0 bridgehead atoms. The van der Waals surface area contributed by atoms with Gasteiger partial charge < -0.3 is 4.74 Å². The van der Waals surface area contributed by atoms with Crippen molar-refractivity contribution >= 4 is 0 Å². The second-order valence-corrected chi connectivity index (χ2v) is 4.10. The molecule has 1 aliphatic rings. The van der Waals surface area contributed by atoms with E-state index in [1.807, 2.05) is 30.3 Å². The number of hydrogen-bond acceptors (Lipinski definition) is 2. The first-order chi connectivity index (χ1) is 6.72. The summed E-state index contributed by atoms with van der Waals surface area (Å²) in [7, 11) is 0. The molecule has 2 rings (SSSR count). The molecular formula is C12H13NO. The van der Waals surface area contributed by atoms with Crippen LogP contribution in [0.25, 0.3) is 0 Å². The van der Waals surface area contributed by atoms with Crippen molar-refractivity contribution in [1.82, 2.24) is 0 Å². The first-order valence-corrected chi connectivity index (χ1v) is 4.85. The van der Waals surface area contributed by atoms with E-state index < -0.39 is 0 Å². The zero-order chi connectivity index (χ0) is 10.0. The number of para-hydroxylation sites is 1. The van der Waals surface area contributed by atoms with Crippen LogP contribution in [0.15, 0.2) is 30.3 Å². The van der Waals surface area contributed by atoms with E-state index in [9.17, 15) is 0 Å². The molecule has 1 aromatic carbocycles. The van der Waals surface area contributed by atoms with Gasteiger partial charge in [0.25, 0.3) is 0 Å². The predicted octanol–water partition coefficient (Wildman–Crippen LogP) is 2.76.